The normalized spacial score (nSPS) is 11.9. The van der Waals surface area contributed by atoms with Crippen LogP contribution in [0.3, 0.4) is 0 Å². The second-order valence-electron chi connectivity index (χ2n) is 11.3. The molecule has 0 N–H and O–H groups in total. The molecular weight excluding hydrogens is 486 g/mol. The second kappa shape index (κ2) is 9.53. The van der Waals surface area contributed by atoms with Crippen molar-refractivity contribution >= 4 is 32.8 Å². The molecule has 0 atom stereocenters. The minimum Gasteiger partial charge on any atom is -0.309 e. The Morgan fingerprint density at radius 1 is 0.525 bits per heavy atom. The van der Waals surface area contributed by atoms with E-state index in [-0.39, 0.29) is 0 Å². The molecule has 3 heteroatoms. The smallest absolute Gasteiger partial charge is 0.145 e. The third-order valence-corrected chi connectivity index (χ3v) is 8.07. The van der Waals surface area contributed by atoms with E-state index in [0.717, 1.165) is 22.4 Å². The monoisotopic (exact) mass is 519 g/mol. The Labute approximate surface area is 235 Å². The zero-order valence-electron chi connectivity index (χ0n) is 23.5. The van der Waals surface area contributed by atoms with Gasteiger partial charge in [0, 0.05) is 22.0 Å². The van der Waals surface area contributed by atoms with Crippen LogP contribution in [0, 0.1) is 0 Å². The summed E-state index contributed by atoms with van der Waals surface area (Å²) in [6, 6.07) is 41.5. The molecule has 7 rings (SSSR count). The molecule has 0 saturated heterocycles. The van der Waals surface area contributed by atoms with E-state index in [1.807, 2.05) is 0 Å². The van der Waals surface area contributed by atoms with E-state index < -0.39 is 0 Å². The third kappa shape index (κ3) is 3.76. The van der Waals surface area contributed by atoms with Gasteiger partial charge in [-0.2, -0.15) is 0 Å². The maximum absolute atomic E-state index is 5.27. The van der Waals surface area contributed by atoms with Gasteiger partial charge in [-0.1, -0.05) is 94.4 Å². The first-order chi connectivity index (χ1) is 19.5. The highest BCUT2D eigenvalue weighted by molar-refractivity contribution is 6.10. The van der Waals surface area contributed by atoms with Crippen LogP contribution in [-0.2, 0) is 0 Å². The Bertz CT molecular complexity index is 1980. The van der Waals surface area contributed by atoms with Crippen LogP contribution in [-0.4, -0.2) is 14.1 Å². The van der Waals surface area contributed by atoms with Gasteiger partial charge in [-0.3, -0.25) is 4.57 Å². The van der Waals surface area contributed by atoms with Crippen LogP contribution in [0.5, 0.6) is 0 Å². The standard InChI is InChI=1S/C37H33N3/c1-24(2)28-16-12-17-29(25(3)4)36(28)40-35-20-11-9-18-32(35)38-37(40)26-21-22-34-31(23-26)30-15-8-10-19-33(30)39(34)27-13-6-5-7-14-27/h5-25H,1-4H3. The molecule has 40 heavy (non-hydrogen) atoms. The van der Waals surface area contributed by atoms with Gasteiger partial charge in [0.05, 0.1) is 27.8 Å². The summed E-state index contributed by atoms with van der Waals surface area (Å²) < 4.78 is 4.78. The maximum atomic E-state index is 5.27. The van der Waals surface area contributed by atoms with Crippen molar-refractivity contribution in [2.24, 2.45) is 0 Å². The number of rotatable bonds is 5. The number of nitrogens with zero attached hydrogens (tertiary/aromatic N) is 3. The first-order valence-electron chi connectivity index (χ1n) is 14.2. The molecule has 0 fully saturated rings. The highest BCUT2D eigenvalue weighted by Gasteiger charge is 2.22. The summed E-state index contributed by atoms with van der Waals surface area (Å²) in [5.41, 5.74) is 10.8. The van der Waals surface area contributed by atoms with E-state index in [1.54, 1.807) is 0 Å². The summed E-state index contributed by atoms with van der Waals surface area (Å²) >= 11 is 0. The molecule has 0 unspecified atom stereocenters. The van der Waals surface area contributed by atoms with Crippen molar-refractivity contribution in [1.82, 2.24) is 14.1 Å². The topological polar surface area (TPSA) is 22.8 Å². The van der Waals surface area contributed by atoms with Gasteiger partial charge in [0.15, 0.2) is 0 Å². The zero-order valence-corrected chi connectivity index (χ0v) is 23.5. The number of fused-ring (bicyclic) bond motifs is 4. The van der Waals surface area contributed by atoms with Crippen LogP contribution in [0.1, 0.15) is 50.7 Å². The van der Waals surface area contributed by atoms with E-state index >= 15 is 0 Å². The summed E-state index contributed by atoms with van der Waals surface area (Å²) in [4.78, 5) is 5.27. The molecule has 0 bridgehead atoms. The summed E-state index contributed by atoms with van der Waals surface area (Å²) in [6.45, 7) is 9.14. The van der Waals surface area contributed by atoms with Crippen LogP contribution < -0.4 is 0 Å². The number of benzene rings is 5. The lowest BCUT2D eigenvalue weighted by Crippen LogP contribution is -2.08. The molecule has 0 aliphatic carbocycles. The summed E-state index contributed by atoms with van der Waals surface area (Å²) in [5.74, 6) is 1.75. The molecule has 3 nitrogen and oxygen atoms in total. The predicted octanol–water partition coefficient (Wildman–Crippen LogP) is 10.0. The SMILES string of the molecule is CC(C)c1cccc(C(C)C)c1-n1c(-c2ccc3c(c2)c2ccccc2n3-c2ccccc2)nc2ccccc21. The van der Waals surface area contributed by atoms with Crippen LogP contribution in [0.25, 0.3) is 55.6 Å². The molecule has 5 aromatic carbocycles. The van der Waals surface area contributed by atoms with Crippen molar-refractivity contribution in [2.75, 3.05) is 0 Å². The van der Waals surface area contributed by atoms with Crippen molar-refractivity contribution < 1.29 is 0 Å². The van der Waals surface area contributed by atoms with Gasteiger partial charge >= 0.3 is 0 Å². The van der Waals surface area contributed by atoms with Gasteiger partial charge in [-0.15, -0.1) is 0 Å². The van der Waals surface area contributed by atoms with Crippen LogP contribution in [0.2, 0.25) is 0 Å². The summed E-state index contributed by atoms with van der Waals surface area (Å²) in [7, 11) is 0. The molecule has 196 valence electrons. The van der Waals surface area contributed by atoms with Crippen molar-refractivity contribution in [2.45, 2.75) is 39.5 Å². The van der Waals surface area contributed by atoms with Crippen molar-refractivity contribution in [3.63, 3.8) is 0 Å². The van der Waals surface area contributed by atoms with Gasteiger partial charge in [-0.05, 0) is 71.5 Å². The Morgan fingerprint density at radius 3 is 1.88 bits per heavy atom. The van der Waals surface area contributed by atoms with E-state index in [0.29, 0.717) is 11.8 Å². The van der Waals surface area contributed by atoms with Gasteiger partial charge in [0.25, 0.3) is 0 Å². The van der Waals surface area contributed by atoms with Gasteiger partial charge in [0.2, 0.25) is 0 Å². The molecule has 7 aromatic rings. The number of hydrogen-bond acceptors (Lipinski definition) is 1. The minimum absolute atomic E-state index is 0.383. The van der Waals surface area contributed by atoms with Crippen LogP contribution >= 0.6 is 0 Å². The van der Waals surface area contributed by atoms with Gasteiger partial charge in [-0.25, -0.2) is 4.98 Å². The lowest BCUT2D eigenvalue weighted by Gasteiger charge is -2.22. The molecule has 0 aliphatic heterocycles. The molecular formula is C37H33N3. The first-order valence-corrected chi connectivity index (χ1v) is 14.2. The molecule has 0 radical (unpaired) electrons. The lowest BCUT2D eigenvalue weighted by atomic mass is 9.92. The fraction of sp³-hybridized carbons (Fsp3) is 0.162. The average molecular weight is 520 g/mol. The molecule has 0 saturated carbocycles. The quantitative estimate of drug-likeness (QED) is 0.222. The molecule has 0 spiro atoms. The van der Waals surface area contributed by atoms with Gasteiger partial charge < -0.3 is 4.57 Å². The predicted molar refractivity (Wildman–Crippen MR) is 169 cm³/mol. The van der Waals surface area contributed by atoms with Crippen LogP contribution in [0.15, 0.2) is 115 Å². The molecule has 0 aliphatic rings. The number of para-hydroxylation sites is 5. The number of hydrogen-bond donors (Lipinski definition) is 0. The van der Waals surface area contributed by atoms with Crippen molar-refractivity contribution in [3.8, 4) is 22.8 Å². The summed E-state index contributed by atoms with van der Waals surface area (Å²) in [5, 5.41) is 2.48. The highest BCUT2D eigenvalue weighted by atomic mass is 15.1. The third-order valence-electron chi connectivity index (χ3n) is 8.07. The maximum Gasteiger partial charge on any atom is 0.145 e. The largest absolute Gasteiger partial charge is 0.309 e. The minimum atomic E-state index is 0.383. The zero-order chi connectivity index (χ0) is 27.4. The van der Waals surface area contributed by atoms with E-state index in [9.17, 15) is 0 Å². The van der Waals surface area contributed by atoms with E-state index in [1.165, 1.54) is 44.3 Å². The number of imidazole rings is 1. The number of aromatic nitrogens is 3. The highest BCUT2D eigenvalue weighted by Crippen LogP contribution is 2.39. The fourth-order valence-electron chi connectivity index (χ4n) is 6.18. The van der Waals surface area contributed by atoms with Crippen molar-refractivity contribution in [3.05, 3.63) is 126 Å². The Kier molecular flexibility index (Phi) is 5.82. The second-order valence-corrected chi connectivity index (χ2v) is 11.3. The van der Waals surface area contributed by atoms with Crippen molar-refractivity contribution in [1.29, 1.82) is 0 Å². The lowest BCUT2D eigenvalue weighted by molar-refractivity contribution is 0.811. The molecule has 0 amide bonds. The molecule has 2 aromatic heterocycles. The average Bonchev–Trinajstić information content (AvgIpc) is 3.53. The summed E-state index contributed by atoms with van der Waals surface area (Å²) in [6.07, 6.45) is 0. The Balaban J connectivity index is 1.56. The first kappa shape index (κ1) is 24.4. The van der Waals surface area contributed by atoms with E-state index in [2.05, 4.69) is 152 Å². The van der Waals surface area contributed by atoms with Crippen LogP contribution in [0.4, 0.5) is 0 Å². The Hall–Kier alpha value is -4.63. The van der Waals surface area contributed by atoms with Gasteiger partial charge in [0.1, 0.15) is 5.82 Å². The van der Waals surface area contributed by atoms with E-state index in [4.69, 9.17) is 4.98 Å². The Morgan fingerprint density at radius 2 is 1.15 bits per heavy atom. The fourth-order valence-corrected chi connectivity index (χ4v) is 6.18. The molecule has 2 heterocycles.